The molecule has 1 heterocycles. The molecule has 1 aliphatic heterocycles. The molecule has 0 radical (unpaired) electrons. The first-order chi connectivity index (χ1) is 14.9. The van der Waals surface area contributed by atoms with Gasteiger partial charge in [0.25, 0.3) is 10.0 Å². The average Bonchev–Trinajstić information content (AvgIpc) is 2.77. The van der Waals surface area contributed by atoms with Gasteiger partial charge in [-0.2, -0.15) is 0 Å². The Bertz CT molecular complexity index is 955. The minimum absolute atomic E-state index is 0.170. The third-order valence-corrected chi connectivity index (χ3v) is 7.55. The Morgan fingerprint density at radius 2 is 1.81 bits per heavy atom. The number of hydrogen-bond donors (Lipinski definition) is 1. The molecule has 0 bridgehead atoms. The molecular formula is C24H33N3O3S. The molecule has 1 N–H and O–H groups in total. The highest BCUT2D eigenvalue weighted by Crippen LogP contribution is 2.24. The van der Waals surface area contributed by atoms with Crippen LogP contribution in [0.4, 0.5) is 5.69 Å². The number of carbonyl (C=O) groups is 1. The van der Waals surface area contributed by atoms with Crippen LogP contribution in [0.2, 0.25) is 0 Å². The number of likely N-dealkylation sites (tertiary alicyclic amines) is 1. The molecule has 1 aliphatic rings. The number of carbonyl (C=O) groups excluding carboxylic acids is 1. The van der Waals surface area contributed by atoms with E-state index in [2.05, 4.69) is 17.1 Å². The second kappa shape index (κ2) is 10.8. The average molecular weight is 444 g/mol. The van der Waals surface area contributed by atoms with Crippen LogP contribution in [-0.2, 0) is 14.8 Å². The molecule has 0 spiro atoms. The summed E-state index contributed by atoms with van der Waals surface area (Å²) in [5.74, 6) is 0.503. The third-order valence-electron chi connectivity index (χ3n) is 5.76. The Hall–Kier alpha value is -2.38. The molecule has 1 saturated heterocycles. The number of sulfonamides is 1. The molecule has 1 fully saturated rings. The smallest absolute Gasteiger partial charge is 0.264 e. The Morgan fingerprint density at radius 1 is 1.10 bits per heavy atom. The number of anilines is 1. The predicted molar refractivity (Wildman–Crippen MR) is 125 cm³/mol. The van der Waals surface area contributed by atoms with Gasteiger partial charge in [0.2, 0.25) is 5.91 Å². The van der Waals surface area contributed by atoms with E-state index < -0.39 is 10.0 Å². The summed E-state index contributed by atoms with van der Waals surface area (Å²) < 4.78 is 27.8. The fraction of sp³-hybridized carbons (Fsp3) is 0.458. The van der Waals surface area contributed by atoms with Gasteiger partial charge >= 0.3 is 0 Å². The predicted octanol–water partition coefficient (Wildman–Crippen LogP) is 3.43. The molecule has 0 saturated carbocycles. The van der Waals surface area contributed by atoms with Crippen LogP contribution in [0.5, 0.6) is 0 Å². The molecular weight excluding hydrogens is 410 g/mol. The Kier molecular flexibility index (Phi) is 8.09. The number of hydrogen-bond acceptors (Lipinski definition) is 4. The Morgan fingerprint density at radius 3 is 2.48 bits per heavy atom. The monoisotopic (exact) mass is 443 g/mol. The molecule has 0 atom stereocenters. The summed E-state index contributed by atoms with van der Waals surface area (Å²) in [6, 6.07) is 15.4. The Balaban J connectivity index is 1.63. The van der Waals surface area contributed by atoms with Gasteiger partial charge in [-0.3, -0.25) is 9.10 Å². The molecule has 7 heteroatoms. The topological polar surface area (TPSA) is 69.7 Å². The number of benzene rings is 2. The van der Waals surface area contributed by atoms with Gasteiger partial charge in [-0.05, 0) is 81.6 Å². The summed E-state index contributed by atoms with van der Waals surface area (Å²) in [5, 5.41) is 2.90. The van der Waals surface area contributed by atoms with Gasteiger partial charge < -0.3 is 10.2 Å². The fourth-order valence-corrected chi connectivity index (χ4v) is 5.25. The fourth-order valence-electron chi connectivity index (χ4n) is 3.82. The van der Waals surface area contributed by atoms with Crippen LogP contribution >= 0.6 is 0 Å². The molecule has 6 nitrogen and oxygen atoms in total. The minimum atomic E-state index is -3.85. The maximum absolute atomic E-state index is 13.3. The zero-order valence-electron chi connectivity index (χ0n) is 18.5. The molecule has 2 aromatic carbocycles. The second-order valence-electron chi connectivity index (χ2n) is 8.39. The first kappa shape index (κ1) is 23.3. The summed E-state index contributed by atoms with van der Waals surface area (Å²) in [6.45, 7) is 7.67. The van der Waals surface area contributed by atoms with Crippen molar-refractivity contribution >= 4 is 21.6 Å². The van der Waals surface area contributed by atoms with Gasteiger partial charge in [-0.15, -0.1) is 0 Å². The normalized spacial score (nSPS) is 15.5. The molecule has 3 rings (SSSR count). The Labute approximate surface area is 186 Å². The van der Waals surface area contributed by atoms with Crippen molar-refractivity contribution in [2.75, 3.05) is 37.0 Å². The van der Waals surface area contributed by atoms with E-state index in [4.69, 9.17) is 0 Å². The van der Waals surface area contributed by atoms with Crippen molar-refractivity contribution in [3.05, 3.63) is 60.2 Å². The van der Waals surface area contributed by atoms with Crippen LogP contribution in [0.1, 0.15) is 31.7 Å². The van der Waals surface area contributed by atoms with Gasteiger partial charge in [0.05, 0.1) is 10.6 Å². The third kappa shape index (κ3) is 6.55. The van der Waals surface area contributed by atoms with E-state index in [9.17, 15) is 13.2 Å². The molecule has 2 aromatic rings. The van der Waals surface area contributed by atoms with Crippen LogP contribution in [0.25, 0.3) is 0 Å². The molecule has 0 aliphatic carbocycles. The summed E-state index contributed by atoms with van der Waals surface area (Å²) in [7, 11) is -3.85. The van der Waals surface area contributed by atoms with Crippen molar-refractivity contribution < 1.29 is 13.2 Å². The van der Waals surface area contributed by atoms with Gasteiger partial charge in [-0.1, -0.05) is 37.3 Å². The molecule has 168 valence electrons. The van der Waals surface area contributed by atoms with Crippen molar-refractivity contribution in [3.8, 4) is 0 Å². The van der Waals surface area contributed by atoms with Crippen LogP contribution in [0, 0.1) is 12.8 Å². The number of rotatable bonds is 9. The largest absolute Gasteiger partial charge is 0.354 e. The van der Waals surface area contributed by atoms with Gasteiger partial charge in [-0.25, -0.2) is 8.42 Å². The maximum Gasteiger partial charge on any atom is 0.264 e. The minimum Gasteiger partial charge on any atom is -0.354 e. The lowest BCUT2D eigenvalue weighted by molar-refractivity contribution is -0.119. The summed E-state index contributed by atoms with van der Waals surface area (Å²) >= 11 is 0. The SMILES string of the molecule is Cc1cccc(N(CC(=O)NCCCN2CCC(C)CC2)S(=O)(=O)c2ccccc2)c1. The lowest BCUT2D eigenvalue weighted by atomic mass is 9.99. The van der Waals surface area contributed by atoms with Crippen molar-refractivity contribution in [3.63, 3.8) is 0 Å². The summed E-state index contributed by atoms with van der Waals surface area (Å²) in [4.78, 5) is 15.3. The van der Waals surface area contributed by atoms with Crippen LogP contribution < -0.4 is 9.62 Å². The van der Waals surface area contributed by atoms with E-state index in [-0.39, 0.29) is 17.3 Å². The zero-order valence-corrected chi connectivity index (χ0v) is 19.3. The number of amides is 1. The van der Waals surface area contributed by atoms with Crippen molar-refractivity contribution in [2.24, 2.45) is 5.92 Å². The van der Waals surface area contributed by atoms with Crippen LogP contribution in [0.15, 0.2) is 59.5 Å². The van der Waals surface area contributed by atoms with E-state index in [0.717, 1.165) is 37.5 Å². The number of nitrogens with one attached hydrogen (secondary N) is 1. The summed E-state index contributed by atoms with van der Waals surface area (Å²) in [5.41, 5.74) is 1.42. The first-order valence-electron chi connectivity index (χ1n) is 11.0. The lowest BCUT2D eigenvalue weighted by Crippen LogP contribution is -2.42. The van der Waals surface area contributed by atoms with Crippen molar-refractivity contribution in [2.45, 2.75) is 38.0 Å². The highest BCUT2D eigenvalue weighted by Gasteiger charge is 2.27. The molecule has 1 amide bonds. The highest BCUT2D eigenvalue weighted by molar-refractivity contribution is 7.92. The van der Waals surface area contributed by atoms with E-state index >= 15 is 0 Å². The van der Waals surface area contributed by atoms with E-state index in [1.807, 2.05) is 13.0 Å². The van der Waals surface area contributed by atoms with Crippen LogP contribution in [0.3, 0.4) is 0 Å². The van der Waals surface area contributed by atoms with Crippen molar-refractivity contribution in [1.29, 1.82) is 0 Å². The first-order valence-corrected chi connectivity index (χ1v) is 12.4. The molecule has 0 aromatic heterocycles. The molecule has 31 heavy (non-hydrogen) atoms. The second-order valence-corrected chi connectivity index (χ2v) is 10.3. The van der Waals surface area contributed by atoms with Gasteiger partial charge in [0.15, 0.2) is 0 Å². The van der Waals surface area contributed by atoms with Crippen molar-refractivity contribution in [1.82, 2.24) is 10.2 Å². The quantitative estimate of drug-likeness (QED) is 0.603. The zero-order chi connectivity index (χ0) is 22.3. The van der Waals surface area contributed by atoms with E-state index in [1.165, 1.54) is 17.1 Å². The number of piperidine rings is 1. The number of aryl methyl sites for hydroxylation is 1. The number of nitrogens with zero attached hydrogens (tertiary/aromatic N) is 2. The van der Waals surface area contributed by atoms with Crippen LogP contribution in [-0.4, -0.2) is 51.9 Å². The molecule has 0 unspecified atom stereocenters. The van der Waals surface area contributed by atoms with Gasteiger partial charge in [0.1, 0.15) is 6.54 Å². The maximum atomic E-state index is 13.3. The van der Waals surface area contributed by atoms with Gasteiger partial charge in [0, 0.05) is 6.54 Å². The summed E-state index contributed by atoms with van der Waals surface area (Å²) in [6.07, 6.45) is 3.32. The highest BCUT2D eigenvalue weighted by atomic mass is 32.2. The lowest BCUT2D eigenvalue weighted by Gasteiger charge is -2.30. The standard InChI is InChI=1S/C24H33N3O3S/c1-20-12-16-26(17-13-20)15-7-14-25-24(28)19-27(22-9-6-8-21(2)18-22)31(29,30)23-10-4-3-5-11-23/h3-6,8-11,18,20H,7,12-17,19H2,1-2H3,(H,25,28). The van der Waals surface area contributed by atoms with E-state index in [0.29, 0.717) is 12.2 Å². The van der Waals surface area contributed by atoms with E-state index in [1.54, 1.807) is 48.5 Å².